The van der Waals surface area contributed by atoms with Crippen LogP contribution in [0.1, 0.15) is 51.5 Å². The SMILES string of the molecule is CCCCCNC(=O)C1CCN(C(C)C(=O)NCCc2ccc(OC)c(OC)c2)CC1. The van der Waals surface area contributed by atoms with E-state index in [1.54, 1.807) is 14.2 Å². The molecule has 7 nitrogen and oxygen atoms in total. The Bertz CT molecular complexity index is 702. The summed E-state index contributed by atoms with van der Waals surface area (Å²) in [6.45, 7) is 6.98. The first-order valence-corrected chi connectivity index (χ1v) is 11.5. The van der Waals surface area contributed by atoms with Gasteiger partial charge in [0.15, 0.2) is 11.5 Å². The highest BCUT2D eigenvalue weighted by molar-refractivity contribution is 5.81. The molecule has 1 fully saturated rings. The molecule has 1 aliphatic heterocycles. The van der Waals surface area contributed by atoms with Crippen LogP contribution in [-0.4, -0.2) is 63.2 Å². The highest BCUT2D eigenvalue weighted by atomic mass is 16.5. The number of hydrogen-bond acceptors (Lipinski definition) is 5. The second kappa shape index (κ2) is 13.2. The molecule has 0 bridgehead atoms. The van der Waals surface area contributed by atoms with Crippen molar-refractivity contribution in [3.8, 4) is 11.5 Å². The molecule has 0 spiro atoms. The normalized spacial score (nSPS) is 15.9. The van der Waals surface area contributed by atoms with Gasteiger partial charge in [0.1, 0.15) is 0 Å². The van der Waals surface area contributed by atoms with Crippen LogP contribution in [0.3, 0.4) is 0 Å². The van der Waals surface area contributed by atoms with E-state index in [0.29, 0.717) is 18.0 Å². The number of carbonyl (C=O) groups is 2. The van der Waals surface area contributed by atoms with E-state index in [1.165, 1.54) is 0 Å². The maximum absolute atomic E-state index is 12.6. The highest BCUT2D eigenvalue weighted by Crippen LogP contribution is 2.27. The van der Waals surface area contributed by atoms with Crippen LogP contribution in [0.2, 0.25) is 0 Å². The number of unbranched alkanes of at least 4 members (excludes halogenated alkanes) is 2. The summed E-state index contributed by atoms with van der Waals surface area (Å²) in [5, 5.41) is 6.10. The summed E-state index contributed by atoms with van der Waals surface area (Å²) in [5.74, 6) is 1.66. The molecule has 31 heavy (non-hydrogen) atoms. The third-order valence-corrected chi connectivity index (χ3v) is 6.07. The summed E-state index contributed by atoms with van der Waals surface area (Å²) < 4.78 is 10.6. The van der Waals surface area contributed by atoms with Crippen LogP contribution < -0.4 is 20.1 Å². The predicted octanol–water partition coefficient (Wildman–Crippen LogP) is 2.77. The third kappa shape index (κ3) is 7.73. The van der Waals surface area contributed by atoms with E-state index >= 15 is 0 Å². The molecule has 174 valence electrons. The zero-order valence-corrected chi connectivity index (χ0v) is 19.5. The number of methoxy groups -OCH3 is 2. The molecule has 0 saturated carbocycles. The molecule has 1 aromatic carbocycles. The van der Waals surface area contributed by atoms with Gasteiger partial charge in [0.05, 0.1) is 20.3 Å². The fourth-order valence-electron chi connectivity index (χ4n) is 3.96. The maximum Gasteiger partial charge on any atom is 0.237 e. The van der Waals surface area contributed by atoms with Crippen molar-refractivity contribution >= 4 is 11.8 Å². The average Bonchev–Trinajstić information content (AvgIpc) is 2.81. The number of nitrogens with zero attached hydrogens (tertiary/aromatic N) is 1. The Morgan fingerprint density at radius 3 is 2.42 bits per heavy atom. The Balaban J connectivity index is 1.71. The Morgan fingerprint density at radius 1 is 1.06 bits per heavy atom. The van der Waals surface area contributed by atoms with Crippen molar-refractivity contribution in [1.82, 2.24) is 15.5 Å². The standard InChI is InChI=1S/C24H39N3O4/c1-5-6-7-13-25-24(29)20-11-15-27(16-12-20)18(2)23(28)26-14-10-19-8-9-21(30-3)22(17-19)31-4/h8-9,17-18,20H,5-7,10-16H2,1-4H3,(H,25,29)(H,26,28). The Labute approximate surface area is 186 Å². The van der Waals surface area contributed by atoms with Crippen molar-refractivity contribution in [1.29, 1.82) is 0 Å². The summed E-state index contributed by atoms with van der Waals surface area (Å²) in [5.41, 5.74) is 1.08. The van der Waals surface area contributed by atoms with Gasteiger partial charge in [-0.2, -0.15) is 0 Å². The lowest BCUT2D eigenvalue weighted by Gasteiger charge is -2.34. The van der Waals surface area contributed by atoms with Crippen LogP contribution >= 0.6 is 0 Å². The minimum Gasteiger partial charge on any atom is -0.493 e. The third-order valence-electron chi connectivity index (χ3n) is 6.07. The van der Waals surface area contributed by atoms with Crippen LogP contribution in [0, 0.1) is 5.92 Å². The van der Waals surface area contributed by atoms with E-state index < -0.39 is 0 Å². The van der Waals surface area contributed by atoms with Gasteiger partial charge in [-0.15, -0.1) is 0 Å². The predicted molar refractivity (Wildman–Crippen MR) is 123 cm³/mol. The fraction of sp³-hybridized carbons (Fsp3) is 0.667. The summed E-state index contributed by atoms with van der Waals surface area (Å²) >= 11 is 0. The minimum atomic E-state index is -0.195. The average molecular weight is 434 g/mol. The van der Waals surface area contributed by atoms with Crippen molar-refractivity contribution in [3.05, 3.63) is 23.8 Å². The molecule has 0 aliphatic carbocycles. The maximum atomic E-state index is 12.6. The molecule has 7 heteroatoms. The molecule has 2 rings (SSSR count). The van der Waals surface area contributed by atoms with Crippen molar-refractivity contribution in [2.24, 2.45) is 5.92 Å². The number of benzene rings is 1. The van der Waals surface area contributed by atoms with Crippen LogP contribution in [0.5, 0.6) is 11.5 Å². The quantitative estimate of drug-likeness (QED) is 0.496. The first-order chi connectivity index (χ1) is 15.0. The van der Waals surface area contributed by atoms with Gasteiger partial charge in [-0.1, -0.05) is 25.8 Å². The van der Waals surface area contributed by atoms with Crippen LogP contribution in [0.4, 0.5) is 0 Å². The van der Waals surface area contributed by atoms with Gasteiger partial charge >= 0.3 is 0 Å². The van der Waals surface area contributed by atoms with Gasteiger partial charge < -0.3 is 20.1 Å². The van der Waals surface area contributed by atoms with E-state index in [9.17, 15) is 9.59 Å². The van der Waals surface area contributed by atoms with Crippen LogP contribution in [-0.2, 0) is 16.0 Å². The monoisotopic (exact) mass is 433 g/mol. The Hall–Kier alpha value is -2.28. The number of likely N-dealkylation sites (tertiary alicyclic amines) is 1. The molecule has 2 N–H and O–H groups in total. The number of amides is 2. The molecule has 1 heterocycles. The molecule has 0 radical (unpaired) electrons. The summed E-state index contributed by atoms with van der Waals surface area (Å²) in [7, 11) is 3.23. The van der Waals surface area contributed by atoms with Gasteiger partial charge in [0, 0.05) is 19.0 Å². The number of ether oxygens (including phenoxy) is 2. The molecule has 1 aliphatic rings. The van der Waals surface area contributed by atoms with Gasteiger partial charge in [0.25, 0.3) is 0 Å². The minimum absolute atomic E-state index is 0.0305. The van der Waals surface area contributed by atoms with E-state index in [0.717, 1.165) is 63.7 Å². The van der Waals surface area contributed by atoms with E-state index in [-0.39, 0.29) is 23.8 Å². The lowest BCUT2D eigenvalue weighted by Crippen LogP contribution is -2.50. The number of rotatable bonds is 12. The fourth-order valence-corrected chi connectivity index (χ4v) is 3.96. The number of piperidine rings is 1. The highest BCUT2D eigenvalue weighted by Gasteiger charge is 2.29. The lowest BCUT2D eigenvalue weighted by atomic mass is 9.95. The zero-order chi connectivity index (χ0) is 22.6. The number of nitrogens with one attached hydrogen (secondary N) is 2. The molecule has 1 unspecified atom stereocenters. The van der Waals surface area contributed by atoms with Crippen LogP contribution in [0.15, 0.2) is 18.2 Å². The number of carbonyl (C=O) groups excluding carboxylic acids is 2. The molecule has 2 amide bonds. The van der Waals surface area contributed by atoms with Gasteiger partial charge in [-0.3, -0.25) is 14.5 Å². The topological polar surface area (TPSA) is 79.9 Å². The largest absolute Gasteiger partial charge is 0.493 e. The molecular formula is C24H39N3O4. The second-order valence-corrected chi connectivity index (χ2v) is 8.21. The smallest absolute Gasteiger partial charge is 0.237 e. The van der Waals surface area contributed by atoms with Crippen LogP contribution in [0.25, 0.3) is 0 Å². The molecule has 1 aromatic rings. The van der Waals surface area contributed by atoms with E-state index in [2.05, 4.69) is 22.5 Å². The van der Waals surface area contributed by atoms with Crippen molar-refractivity contribution in [2.75, 3.05) is 40.4 Å². The Kier molecular flexibility index (Phi) is 10.6. The van der Waals surface area contributed by atoms with Gasteiger partial charge in [-0.05, 0) is 63.4 Å². The first kappa shape index (κ1) is 25.0. The van der Waals surface area contributed by atoms with Crippen molar-refractivity contribution in [2.45, 2.75) is 58.4 Å². The number of hydrogen-bond donors (Lipinski definition) is 2. The van der Waals surface area contributed by atoms with E-state index in [4.69, 9.17) is 9.47 Å². The summed E-state index contributed by atoms with van der Waals surface area (Å²) in [4.78, 5) is 27.1. The molecular weight excluding hydrogens is 394 g/mol. The summed E-state index contributed by atoms with van der Waals surface area (Å²) in [6.07, 6.45) is 5.69. The van der Waals surface area contributed by atoms with E-state index in [1.807, 2.05) is 25.1 Å². The van der Waals surface area contributed by atoms with Gasteiger partial charge in [-0.25, -0.2) is 0 Å². The zero-order valence-electron chi connectivity index (χ0n) is 19.5. The van der Waals surface area contributed by atoms with Gasteiger partial charge in [0.2, 0.25) is 11.8 Å². The summed E-state index contributed by atoms with van der Waals surface area (Å²) in [6, 6.07) is 5.60. The second-order valence-electron chi connectivity index (χ2n) is 8.21. The Morgan fingerprint density at radius 2 is 1.77 bits per heavy atom. The molecule has 1 atom stereocenters. The van der Waals surface area contributed by atoms with Crippen molar-refractivity contribution < 1.29 is 19.1 Å². The first-order valence-electron chi connectivity index (χ1n) is 11.5. The molecule has 1 saturated heterocycles. The lowest BCUT2D eigenvalue weighted by molar-refractivity contribution is -0.128. The van der Waals surface area contributed by atoms with Crippen molar-refractivity contribution in [3.63, 3.8) is 0 Å². The molecule has 0 aromatic heterocycles.